The van der Waals surface area contributed by atoms with Crippen LogP contribution in [0.15, 0.2) is 47.6 Å². The molecule has 0 N–H and O–H groups in total. The van der Waals surface area contributed by atoms with Crippen LogP contribution in [0.3, 0.4) is 0 Å². The van der Waals surface area contributed by atoms with Crippen LogP contribution in [-0.2, 0) is 4.79 Å². The fourth-order valence-electron chi connectivity index (χ4n) is 2.58. The molecule has 0 aliphatic carbocycles. The van der Waals surface area contributed by atoms with E-state index in [1.54, 1.807) is 36.7 Å². The van der Waals surface area contributed by atoms with Gasteiger partial charge in [-0.2, -0.15) is 0 Å². The van der Waals surface area contributed by atoms with Gasteiger partial charge in [-0.25, -0.2) is 14.4 Å². The number of halogens is 1. The molecule has 7 heteroatoms. The number of carbonyl (C=O) groups is 1. The van der Waals surface area contributed by atoms with E-state index in [0.717, 1.165) is 13.1 Å². The minimum absolute atomic E-state index is 0.118. The molecule has 0 atom stereocenters. The minimum atomic E-state index is -0.230. The molecule has 1 amide bonds. The van der Waals surface area contributed by atoms with E-state index in [0.29, 0.717) is 36.1 Å². The van der Waals surface area contributed by atoms with Crippen LogP contribution >= 0.6 is 11.8 Å². The van der Waals surface area contributed by atoms with Crippen LogP contribution in [0, 0.1) is 5.82 Å². The summed E-state index contributed by atoms with van der Waals surface area (Å²) in [6, 6.07) is 8.44. The van der Waals surface area contributed by atoms with E-state index in [1.165, 1.54) is 17.8 Å². The second-order valence-electron chi connectivity index (χ2n) is 5.45. The fourth-order valence-corrected chi connectivity index (χ4v) is 3.46. The predicted octanol–water partition coefficient (Wildman–Crippen LogP) is 2.45. The summed E-state index contributed by atoms with van der Waals surface area (Å²) >= 11 is 1.38. The van der Waals surface area contributed by atoms with Crippen LogP contribution in [0.2, 0.25) is 0 Å². The maximum absolute atomic E-state index is 13.5. The number of hydrogen-bond donors (Lipinski definition) is 0. The Bertz CT molecular complexity index is 677. The van der Waals surface area contributed by atoms with E-state index >= 15 is 0 Å². The van der Waals surface area contributed by atoms with E-state index in [-0.39, 0.29) is 11.7 Å². The molecule has 1 fully saturated rings. The van der Waals surface area contributed by atoms with E-state index in [2.05, 4.69) is 14.9 Å². The number of thioether (sulfide) groups is 1. The molecule has 1 saturated heterocycles. The van der Waals surface area contributed by atoms with E-state index in [9.17, 15) is 9.18 Å². The number of piperazine rings is 1. The topological polar surface area (TPSA) is 49.3 Å². The van der Waals surface area contributed by atoms with Crippen molar-refractivity contribution in [3.8, 4) is 0 Å². The molecule has 5 nitrogen and oxygen atoms in total. The Morgan fingerprint density at radius 3 is 2.50 bits per heavy atom. The zero-order valence-corrected chi connectivity index (χ0v) is 14.1. The summed E-state index contributed by atoms with van der Waals surface area (Å²) in [5.41, 5.74) is 0. The third kappa shape index (κ3) is 4.23. The first-order valence-electron chi connectivity index (χ1n) is 7.91. The van der Waals surface area contributed by atoms with Crippen LogP contribution in [0.5, 0.6) is 0 Å². The average molecular weight is 346 g/mol. The second kappa shape index (κ2) is 8.10. The molecule has 3 rings (SSSR count). The van der Waals surface area contributed by atoms with Crippen molar-refractivity contribution in [1.29, 1.82) is 0 Å². The van der Waals surface area contributed by atoms with E-state index in [4.69, 9.17) is 0 Å². The monoisotopic (exact) mass is 346 g/mol. The third-order valence-corrected chi connectivity index (χ3v) is 4.93. The van der Waals surface area contributed by atoms with Crippen molar-refractivity contribution in [2.45, 2.75) is 11.3 Å². The molecule has 1 aliphatic heterocycles. The Labute approximate surface area is 144 Å². The van der Waals surface area contributed by atoms with Gasteiger partial charge in [0.2, 0.25) is 11.9 Å². The molecular weight excluding hydrogens is 327 g/mol. The smallest absolute Gasteiger partial charge is 0.225 e. The summed E-state index contributed by atoms with van der Waals surface area (Å²) < 4.78 is 13.5. The van der Waals surface area contributed by atoms with Crippen molar-refractivity contribution in [3.63, 3.8) is 0 Å². The Balaban J connectivity index is 1.43. The van der Waals surface area contributed by atoms with Gasteiger partial charge in [0.1, 0.15) is 5.82 Å². The fraction of sp³-hybridized carbons (Fsp3) is 0.353. The van der Waals surface area contributed by atoms with Crippen molar-refractivity contribution >= 4 is 23.6 Å². The van der Waals surface area contributed by atoms with Crippen molar-refractivity contribution < 1.29 is 9.18 Å². The Kier molecular flexibility index (Phi) is 5.63. The van der Waals surface area contributed by atoms with Gasteiger partial charge in [-0.05, 0) is 18.2 Å². The summed E-state index contributed by atoms with van der Waals surface area (Å²) in [4.78, 5) is 25.3. The van der Waals surface area contributed by atoms with Gasteiger partial charge in [-0.3, -0.25) is 4.79 Å². The lowest BCUT2D eigenvalue weighted by Gasteiger charge is -2.34. The molecule has 1 aromatic heterocycles. The highest BCUT2D eigenvalue weighted by Gasteiger charge is 2.22. The highest BCUT2D eigenvalue weighted by molar-refractivity contribution is 7.99. The number of rotatable bonds is 5. The first kappa shape index (κ1) is 16.7. The van der Waals surface area contributed by atoms with Crippen molar-refractivity contribution in [1.82, 2.24) is 14.9 Å². The second-order valence-corrected chi connectivity index (χ2v) is 6.58. The number of carbonyl (C=O) groups excluding carboxylic acids is 1. The summed E-state index contributed by atoms with van der Waals surface area (Å²) in [5.74, 6) is 1.18. The van der Waals surface area contributed by atoms with Gasteiger partial charge in [0.25, 0.3) is 0 Å². The van der Waals surface area contributed by atoms with Gasteiger partial charge in [-0.1, -0.05) is 12.1 Å². The Hall–Kier alpha value is -2.15. The van der Waals surface area contributed by atoms with Crippen molar-refractivity contribution in [2.24, 2.45) is 0 Å². The number of anilines is 1. The van der Waals surface area contributed by atoms with E-state index < -0.39 is 0 Å². The van der Waals surface area contributed by atoms with Crippen LogP contribution in [0.25, 0.3) is 0 Å². The summed E-state index contributed by atoms with van der Waals surface area (Å²) in [5, 5.41) is 0. The largest absolute Gasteiger partial charge is 0.339 e. The zero-order valence-electron chi connectivity index (χ0n) is 13.3. The number of amides is 1. The Morgan fingerprint density at radius 2 is 1.79 bits per heavy atom. The molecule has 0 bridgehead atoms. The average Bonchev–Trinajstić information content (AvgIpc) is 2.64. The summed E-state index contributed by atoms with van der Waals surface area (Å²) in [6.45, 7) is 2.80. The zero-order chi connectivity index (χ0) is 16.8. The minimum Gasteiger partial charge on any atom is -0.339 e. The van der Waals surface area contributed by atoms with Gasteiger partial charge < -0.3 is 9.80 Å². The number of nitrogens with zero attached hydrogens (tertiary/aromatic N) is 4. The number of hydrogen-bond acceptors (Lipinski definition) is 5. The van der Waals surface area contributed by atoms with Crippen molar-refractivity contribution in [3.05, 3.63) is 48.5 Å². The number of benzene rings is 1. The molecule has 0 spiro atoms. The first-order valence-corrected chi connectivity index (χ1v) is 8.89. The summed E-state index contributed by atoms with van der Waals surface area (Å²) in [6.07, 6.45) is 3.86. The SMILES string of the molecule is O=C(CCSc1ccccc1F)N1CCN(c2ncccn2)CC1. The molecule has 2 aromatic rings. The molecule has 1 aliphatic rings. The maximum Gasteiger partial charge on any atom is 0.225 e. The van der Waals surface area contributed by atoms with Crippen LogP contribution < -0.4 is 4.90 Å². The molecule has 24 heavy (non-hydrogen) atoms. The lowest BCUT2D eigenvalue weighted by Crippen LogP contribution is -2.49. The quantitative estimate of drug-likeness (QED) is 0.779. The highest BCUT2D eigenvalue weighted by Crippen LogP contribution is 2.22. The molecule has 0 radical (unpaired) electrons. The number of aromatic nitrogens is 2. The third-order valence-electron chi connectivity index (χ3n) is 3.88. The lowest BCUT2D eigenvalue weighted by atomic mass is 10.3. The molecule has 1 aromatic carbocycles. The Morgan fingerprint density at radius 1 is 1.08 bits per heavy atom. The summed E-state index contributed by atoms with van der Waals surface area (Å²) in [7, 11) is 0. The molecule has 126 valence electrons. The first-order chi connectivity index (χ1) is 11.7. The standard InChI is InChI=1S/C17H19FN4OS/c18-14-4-1-2-5-15(14)24-13-6-16(23)21-9-11-22(12-10-21)17-19-7-3-8-20-17/h1-5,7-8H,6,9-13H2. The molecule has 0 unspecified atom stereocenters. The van der Waals surface area contributed by atoms with Gasteiger partial charge in [0.15, 0.2) is 0 Å². The highest BCUT2D eigenvalue weighted by atomic mass is 32.2. The van der Waals surface area contributed by atoms with Gasteiger partial charge in [-0.15, -0.1) is 11.8 Å². The predicted molar refractivity (Wildman–Crippen MR) is 92.6 cm³/mol. The molecular formula is C17H19FN4OS. The van der Waals surface area contributed by atoms with Gasteiger partial charge in [0, 0.05) is 55.6 Å². The molecule has 0 saturated carbocycles. The normalized spacial score (nSPS) is 14.7. The maximum atomic E-state index is 13.5. The van der Waals surface area contributed by atoms with Crippen LogP contribution in [0.1, 0.15) is 6.42 Å². The van der Waals surface area contributed by atoms with Gasteiger partial charge >= 0.3 is 0 Å². The van der Waals surface area contributed by atoms with Crippen molar-refractivity contribution in [2.75, 3.05) is 36.8 Å². The van der Waals surface area contributed by atoms with Crippen LogP contribution in [0.4, 0.5) is 10.3 Å². The van der Waals surface area contributed by atoms with Gasteiger partial charge in [0.05, 0.1) is 0 Å². The van der Waals surface area contributed by atoms with E-state index in [1.807, 2.05) is 4.90 Å². The molecule has 2 heterocycles. The van der Waals surface area contributed by atoms with Crippen LogP contribution in [-0.4, -0.2) is 52.7 Å². The lowest BCUT2D eigenvalue weighted by molar-refractivity contribution is -0.131.